The first-order valence-electron chi connectivity index (χ1n) is 12.6. The molecule has 3 fully saturated rings. The number of nitrogens with zero attached hydrogens (tertiary/aromatic N) is 4. The first-order chi connectivity index (χ1) is 15.6. The van der Waals surface area contributed by atoms with Crippen LogP contribution in [0, 0.1) is 0 Å². The minimum Gasteiger partial charge on any atom is -0.372 e. The molecule has 6 heteroatoms. The molecule has 0 unspecified atom stereocenters. The molecule has 32 heavy (non-hydrogen) atoms. The molecule has 6 nitrogen and oxygen atoms in total. The standard InChI is InChI=1S/C26H40N4O2/c1-3-30(25(32)27(2)23-8-4-5-9-23)26(21-31)14-18-28(19-15-26)20-22-10-12-24(13-11-22)29-16-6-7-17-29/h10-13,21,23H,3-9,14-20H2,1-2H3. The lowest BCUT2D eigenvalue weighted by molar-refractivity contribution is -0.120. The molecular formula is C26H40N4O2. The van der Waals surface area contributed by atoms with Crippen molar-refractivity contribution in [1.29, 1.82) is 0 Å². The number of rotatable bonds is 7. The number of benzene rings is 1. The van der Waals surface area contributed by atoms with E-state index in [1.807, 2.05) is 23.8 Å². The molecule has 1 aliphatic carbocycles. The van der Waals surface area contributed by atoms with E-state index in [4.69, 9.17) is 0 Å². The minimum atomic E-state index is -0.672. The molecule has 176 valence electrons. The molecule has 1 saturated carbocycles. The predicted molar refractivity (Wildman–Crippen MR) is 129 cm³/mol. The Bertz CT molecular complexity index is 761. The van der Waals surface area contributed by atoms with Gasteiger partial charge < -0.3 is 19.5 Å². The van der Waals surface area contributed by atoms with Crippen molar-refractivity contribution in [1.82, 2.24) is 14.7 Å². The predicted octanol–water partition coefficient (Wildman–Crippen LogP) is 4.14. The molecule has 4 rings (SSSR count). The normalized spacial score (nSPS) is 21.6. The maximum atomic E-state index is 13.3. The van der Waals surface area contributed by atoms with Crippen LogP contribution in [0.2, 0.25) is 0 Å². The third kappa shape index (κ3) is 4.80. The summed E-state index contributed by atoms with van der Waals surface area (Å²) in [5.74, 6) is 0. The highest BCUT2D eigenvalue weighted by molar-refractivity contribution is 5.81. The number of anilines is 1. The number of aldehydes is 1. The molecule has 2 amide bonds. The largest absolute Gasteiger partial charge is 0.372 e. The van der Waals surface area contributed by atoms with Gasteiger partial charge in [0.1, 0.15) is 11.8 Å². The van der Waals surface area contributed by atoms with Crippen molar-refractivity contribution in [2.45, 2.75) is 76.4 Å². The number of likely N-dealkylation sites (tertiary alicyclic amines) is 1. The number of carbonyl (C=O) groups is 2. The lowest BCUT2D eigenvalue weighted by Crippen LogP contribution is -2.61. The summed E-state index contributed by atoms with van der Waals surface area (Å²) in [6.07, 6.45) is 9.61. The molecule has 0 N–H and O–H groups in total. The second-order valence-electron chi connectivity index (χ2n) is 9.93. The Hall–Kier alpha value is -2.08. The van der Waals surface area contributed by atoms with Crippen LogP contribution in [0.1, 0.15) is 63.9 Å². The summed E-state index contributed by atoms with van der Waals surface area (Å²) in [4.78, 5) is 34.3. The lowest BCUT2D eigenvalue weighted by Gasteiger charge is -2.46. The average Bonchev–Trinajstić information content (AvgIpc) is 3.55. The van der Waals surface area contributed by atoms with E-state index >= 15 is 0 Å². The van der Waals surface area contributed by atoms with Gasteiger partial charge in [0.25, 0.3) is 0 Å². The molecule has 0 aromatic heterocycles. The molecule has 2 heterocycles. The van der Waals surface area contributed by atoms with E-state index in [9.17, 15) is 9.59 Å². The smallest absolute Gasteiger partial charge is 0.320 e. The number of hydrogen-bond acceptors (Lipinski definition) is 4. The molecular weight excluding hydrogens is 400 g/mol. The summed E-state index contributed by atoms with van der Waals surface area (Å²) in [6.45, 7) is 7.49. The molecule has 0 spiro atoms. The SMILES string of the molecule is CCN(C(=O)N(C)C1CCCC1)C1(C=O)CCN(Cc2ccc(N3CCCC3)cc2)CC1. The summed E-state index contributed by atoms with van der Waals surface area (Å²) in [5.41, 5.74) is 1.97. The minimum absolute atomic E-state index is 0.0254. The van der Waals surface area contributed by atoms with Gasteiger partial charge in [-0.1, -0.05) is 25.0 Å². The Balaban J connectivity index is 1.35. The number of hydrogen-bond donors (Lipinski definition) is 0. The van der Waals surface area contributed by atoms with Gasteiger partial charge >= 0.3 is 6.03 Å². The fourth-order valence-electron chi connectivity index (χ4n) is 5.87. The Morgan fingerprint density at radius 2 is 1.66 bits per heavy atom. The van der Waals surface area contributed by atoms with Crippen molar-refractivity contribution in [3.63, 3.8) is 0 Å². The third-order valence-corrected chi connectivity index (χ3v) is 8.01. The quantitative estimate of drug-likeness (QED) is 0.598. The van der Waals surface area contributed by atoms with Crippen LogP contribution in [0.5, 0.6) is 0 Å². The van der Waals surface area contributed by atoms with E-state index in [-0.39, 0.29) is 6.03 Å². The Kier molecular flexibility index (Phi) is 7.39. The van der Waals surface area contributed by atoms with E-state index in [1.165, 1.54) is 50.0 Å². The van der Waals surface area contributed by atoms with Crippen molar-refractivity contribution in [2.75, 3.05) is 44.7 Å². The molecule has 0 radical (unpaired) electrons. The average molecular weight is 441 g/mol. The molecule has 0 bridgehead atoms. The maximum absolute atomic E-state index is 13.3. The molecule has 2 saturated heterocycles. The van der Waals surface area contributed by atoms with Gasteiger partial charge in [0.15, 0.2) is 0 Å². The highest BCUT2D eigenvalue weighted by atomic mass is 16.2. The zero-order valence-electron chi connectivity index (χ0n) is 20.0. The van der Waals surface area contributed by atoms with Crippen LogP contribution in [0.15, 0.2) is 24.3 Å². The van der Waals surface area contributed by atoms with E-state index in [0.717, 1.165) is 38.8 Å². The van der Waals surface area contributed by atoms with Crippen molar-refractivity contribution >= 4 is 18.0 Å². The lowest BCUT2D eigenvalue weighted by atomic mass is 9.86. The van der Waals surface area contributed by atoms with Gasteiger partial charge in [0.05, 0.1) is 0 Å². The highest BCUT2D eigenvalue weighted by Gasteiger charge is 2.43. The molecule has 2 aliphatic heterocycles. The van der Waals surface area contributed by atoms with Crippen LogP contribution in [0.25, 0.3) is 0 Å². The van der Waals surface area contributed by atoms with Gasteiger partial charge in [0, 0.05) is 58.0 Å². The van der Waals surface area contributed by atoms with Crippen molar-refractivity contribution in [2.24, 2.45) is 0 Å². The van der Waals surface area contributed by atoms with Crippen molar-refractivity contribution in [3.05, 3.63) is 29.8 Å². The Morgan fingerprint density at radius 3 is 2.22 bits per heavy atom. The van der Waals surface area contributed by atoms with E-state index < -0.39 is 5.54 Å². The first-order valence-corrected chi connectivity index (χ1v) is 12.6. The van der Waals surface area contributed by atoms with Crippen LogP contribution in [0.3, 0.4) is 0 Å². The van der Waals surface area contributed by atoms with Gasteiger partial charge in [-0.05, 0) is 63.1 Å². The number of carbonyl (C=O) groups excluding carboxylic acids is 2. The molecule has 1 aromatic rings. The monoisotopic (exact) mass is 440 g/mol. The van der Waals surface area contributed by atoms with Crippen LogP contribution in [-0.2, 0) is 11.3 Å². The van der Waals surface area contributed by atoms with Crippen LogP contribution < -0.4 is 4.90 Å². The number of likely N-dealkylation sites (N-methyl/N-ethyl adjacent to an activating group) is 1. The molecule has 0 atom stereocenters. The number of amides is 2. The van der Waals surface area contributed by atoms with Gasteiger partial charge in [-0.2, -0.15) is 0 Å². The van der Waals surface area contributed by atoms with Gasteiger partial charge in [-0.3, -0.25) is 4.90 Å². The summed E-state index contributed by atoms with van der Waals surface area (Å²) in [7, 11) is 1.92. The number of piperidine rings is 1. The van der Waals surface area contributed by atoms with Crippen LogP contribution in [-0.4, -0.2) is 78.4 Å². The zero-order chi connectivity index (χ0) is 22.6. The van der Waals surface area contributed by atoms with Crippen molar-refractivity contribution < 1.29 is 9.59 Å². The zero-order valence-corrected chi connectivity index (χ0v) is 20.0. The summed E-state index contributed by atoms with van der Waals surface area (Å²) in [5, 5.41) is 0. The van der Waals surface area contributed by atoms with E-state index in [0.29, 0.717) is 25.4 Å². The fraction of sp³-hybridized carbons (Fsp3) is 0.692. The van der Waals surface area contributed by atoms with Crippen LogP contribution in [0.4, 0.5) is 10.5 Å². The summed E-state index contributed by atoms with van der Waals surface area (Å²) >= 11 is 0. The number of urea groups is 1. The summed E-state index contributed by atoms with van der Waals surface area (Å²) < 4.78 is 0. The summed E-state index contributed by atoms with van der Waals surface area (Å²) in [6, 6.07) is 9.33. The third-order valence-electron chi connectivity index (χ3n) is 8.01. The highest BCUT2D eigenvalue weighted by Crippen LogP contribution is 2.31. The first kappa shape index (κ1) is 23.1. The second kappa shape index (κ2) is 10.2. The Morgan fingerprint density at radius 1 is 1.03 bits per heavy atom. The van der Waals surface area contributed by atoms with Gasteiger partial charge in [0.2, 0.25) is 0 Å². The molecule has 1 aromatic carbocycles. The second-order valence-corrected chi connectivity index (χ2v) is 9.93. The topological polar surface area (TPSA) is 47.1 Å². The van der Waals surface area contributed by atoms with Gasteiger partial charge in [-0.15, -0.1) is 0 Å². The van der Waals surface area contributed by atoms with E-state index in [1.54, 1.807) is 0 Å². The molecule has 3 aliphatic rings. The maximum Gasteiger partial charge on any atom is 0.320 e. The Labute approximate surface area is 193 Å². The van der Waals surface area contributed by atoms with Gasteiger partial charge in [-0.25, -0.2) is 4.79 Å². The van der Waals surface area contributed by atoms with E-state index in [2.05, 4.69) is 34.1 Å². The van der Waals surface area contributed by atoms with Crippen LogP contribution >= 0.6 is 0 Å². The van der Waals surface area contributed by atoms with Crippen molar-refractivity contribution in [3.8, 4) is 0 Å². The fourth-order valence-corrected chi connectivity index (χ4v) is 5.87.